The summed E-state index contributed by atoms with van der Waals surface area (Å²) in [6.45, 7) is 3.42. The number of para-hydroxylation sites is 1. The van der Waals surface area contributed by atoms with Crippen LogP contribution in [0.1, 0.15) is 34.8 Å². The highest BCUT2D eigenvalue weighted by Crippen LogP contribution is 2.20. The van der Waals surface area contributed by atoms with Crippen LogP contribution < -0.4 is 5.62 Å². The smallest absolute Gasteiger partial charge is 0.226 e. The van der Waals surface area contributed by atoms with Crippen LogP contribution in [0.3, 0.4) is 0 Å². The quantitative estimate of drug-likeness (QED) is 0.349. The molecule has 3 aromatic carbocycles. The molecular formula is C29H32N4O2. The Hall–Kier alpha value is -3.93. The Kier molecular flexibility index (Phi) is 7.60. The summed E-state index contributed by atoms with van der Waals surface area (Å²) >= 11 is 0. The summed E-state index contributed by atoms with van der Waals surface area (Å²) in [7, 11) is 1.83. The number of Topliss-reactive ketones (excluding diaryl/α,β-unsaturated/α-hetero) is 1. The Bertz CT molecular complexity index is 1370. The van der Waals surface area contributed by atoms with Gasteiger partial charge in [0.05, 0.1) is 24.0 Å². The van der Waals surface area contributed by atoms with E-state index < -0.39 is 0 Å². The first-order valence-electron chi connectivity index (χ1n) is 12.1. The third-order valence-corrected chi connectivity index (χ3v) is 6.45. The third kappa shape index (κ3) is 5.43. The highest BCUT2D eigenvalue weighted by atomic mass is 16.2. The van der Waals surface area contributed by atoms with Gasteiger partial charge in [0, 0.05) is 25.7 Å². The lowest BCUT2D eigenvalue weighted by molar-refractivity contribution is -0.129. The van der Waals surface area contributed by atoms with Crippen LogP contribution in [0.2, 0.25) is 0 Å². The van der Waals surface area contributed by atoms with Crippen molar-refractivity contribution in [1.29, 1.82) is 5.41 Å². The van der Waals surface area contributed by atoms with E-state index in [1.54, 1.807) is 9.47 Å². The van der Waals surface area contributed by atoms with Gasteiger partial charge >= 0.3 is 0 Å². The summed E-state index contributed by atoms with van der Waals surface area (Å²) in [6, 6.07) is 25.0. The number of hydrogen-bond donors (Lipinski definition) is 1. The zero-order chi connectivity index (χ0) is 24.8. The molecule has 180 valence electrons. The first-order chi connectivity index (χ1) is 17.0. The molecule has 1 aromatic heterocycles. The van der Waals surface area contributed by atoms with E-state index in [2.05, 4.69) is 13.0 Å². The number of carbonyl (C=O) groups excluding carboxylic acids is 2. The number of aryl methyl sites for hydroxylation is 2. The normalized spacial score (nSPS) is 11.0. The highest BCUT2D eigenvalue weighted by Gasteiger charge is 2.17. The van der Waals surface area contributed by atoms with Gasteiger partial charge in [0.25, 0.3) is 0 Å². The molecule has 1 N–H and O–H groups in total. The van der Waals surface area contributed by atoms with E-state index in [0.29, 0.717) is 30.7 Å². The number of imidazole rings is 1. The molecule has 0 atom stereocenters. The van der Waals surface area contributed by atoms with Gasteiger partial charge in [0.15, 0.2) is 5.78 Å². The fourth-order valence-corrected chi connectivity index (χ4v) is 4.49. The molecule has 0 saturated heterocycles. The van der Waals surface area contributed by atoms with Gasteiger partial charge < -0.3 is 14.0 Å². The minimum absolute atomic E-state index is 0.0173. The fraction of sp³-hybridized carbons (Fsp3) is 0.276. The molecule has 0 aliphatic carbocycles. The van der Waals surface area contributed by atoms with Gasteiger partial charge in [-0.2, -0.15) is 0 Å². The average molecular weight is 469 g/mol. The van der Waals surface area contributed by atoms with Gasteiger partial charge in [-0.15, -0.1) is 0 Å². The molecule has 0 bridgehead atoms. The van der Waals surface area contributed by atoms with E-state index >= 15 is 0 Å². The molecule has 6 nitrogen and oxygen atoms in total. The van der Waals surface area contributed by atoms with Crippen molar-refractivity contribution in [2.75, 3.05) is 13.6 Å². The van der Waals surface area contributed by atoms with Crippen LogP contribution in [0, 0.1) is 5.41 Å². The van der Waals surface area contributed by atoms with Crippen molar-refractivity contribution >= 4 is 22.7 Å². The lowest BCUT2D eigenvalue weighted by Gasteiger charge is -2.17. The van der Waals surface area contributed by atoms with E-state index in [-0.39, 0.29) is 18.2 Å². The predicted molar refractivity (Wildman–Crippen MR) is 138 cm³/mol. The van der Waals surface area contributed by atoms with Crippen molar-refractivity contribution in [2.24, 2.45) is 0 Å². The van der Waals surface area contributed by atoms with Crippen LogP contribution in [-0.2, 0) is 30.7 Å². The summed E-state index contributed by atoms with van der Waals surface area (Å²) in [5.74, 6) is 0.0636. The molecule has 35 heavy (non-hydrogen) atoms. The average Bonchev–Trinajstić information content (AvgIpc) is 3.15. The maximum atomic E-state index is 12.9. The van der Waals surface area contributed by atoms with Crippen LogP contribution >= 0.6 is 0 Å². The molecule has 4 rings (SSSR count). The second-order valence-electron chi connectivity index (χ2n) is 8.82. The lowest BCUT2D eigenvalue weighted by atomic mass is 10.1. The zero-order valence-corrected chi connectivity index (χ0v) is 20.4. The molecule has 0 radical (unpaired) electrons. The first kappa shape index (κ1) is 24.2. The van der Waals surface area contributed by atoms with Crippen molar-refractivity contribution in [3.8, 4) is 0 Å². The summed E-state index contributed by atoms with van der Waals surface area (Å²) in [6.07, 6.45) is 1.94. The monoisotopic (exact) mass is 468 g/mol. The number of hydrogen-bond acceptors (Lipinski definition) is 3. The Morgan fingerprint density at radius 3 is 2.26 bits per heavy atom. The zero-order valence-electron chi connectivity index (χ0n) is 20.4. The van der Waals surface area contributed by atoms with E-state index in [4.69, 9.17) is 5.41 Å². The van der Waals surface area contributed by atoms with Crippen molar-refractivity contribution < 1.29 is 9.59 Å². The number of fused-ring (bicyclic) bond motifs is 1. The number of aromatic nitrogens is 2. The second-order valence-corrected chi connectivity index (χ2v) is 8.82. The van der Waals surface area contributed by atoms with Gasteiger partial charge in [-0.25, -0.2) is 0 Å². The van der Waals surface area contributed by atoms with Gasteiger partial charge in [-0.1, -0.05) is 79.7 Å². The first-order valence-corrected chi connectivity index (χ1v) is 12.1. The van der Waals surface area contributed by atoms with E-state index in [1.165, 1.54) is 0 Å². The number of rotatable bonds is 10. The van der Waals surface area contributed by atoms with Crippen molar-refractivity contribution in [3.63, 3.8) is 0 Å². The Morgan fingerprint density at radius 1 is 0.886 bits per heavy atom. The van der Waals surface area contributed by atoms with E-state index in [9.17, 15) is 9.59 Å². The molecule has 0 aliphatic rings. The van der Waals surface area contributed by atoms with Crippen molar-refractivity contribution in [1.82, 2.24) is 14.0 Å². The number of amides is 1. The standard InChI is InChI=1S/C29H32N4O2/c1-3-23-16-10-17-25-28(23)32(29(30)33(25)21-26(34)24-14-8-5-9-15-24)19-11-18-31(2)27(35)20-22-12-6-4-7-13-22/h4-10,12-17,30H,3,11,18-21H2,1-2H3. The third-order valence-electron chi connectivity index (χ3n) is 6.45. The molecule has 0 fully saturated rings. The minimum atomic E-state index is -0.0173. The van der Waals surface area contributed by atoms with Crippen LogP contribution in [0.5, 0.6) is 0 Å². The number of benzene rings is 3. The van der Waals surface area contributed by atoms with Crippen molar-refractivity contribution in [2.45, 2.75) is 39.3 Å². The Morgan fingerprint density at radius 2 is 1.57 bits per heavy atom. The topological polar surface area (TPSA) is 71.1 Å². The van der Waals surface area contributed by atoms with E-state index in [1.807, 2.05) is 84.4 Å². The maximum absolute atomic E-state index is 12.9. The number of likely N-dealkylation sites (N-methyl/N-ethyl adjacent to an activating group) is 1. The lowest BCUT2D eigenvalue weighted by Crippen LogP contribution is -2.31. The highest BCUT2D eigenvalue weighted by molar-refractivity contribution is 5.96. The molecule has 1 heterocycles. The van der Waals surface area contributed by atoms with Gasteiger partial charge in [-0.05, 0) is 30.0 Å². The van der Waals surface area contributed by atoms with Gasteiger partial charge in [0.2, 0.25) is 11.5 Å². The molecule has 0 saturated carbocycles. The molecule has 4 aromatic rings. The van der Waals surface area contributed by atoms with Crippen molar-refractivity contribution in [3.05, 3.63) is 101 Å². The summed E-state index contributed by atoms with van der Waals surface area (Å²) in [5.41, 5.74) is 5.00. The minimum Gasteiger partial charge on any atom is -0.345 e. The number of ketones is 1. The van der Waals surface area contributed by atoms with Crippen LogP contribution in [0.15, 0.2) is 78.9 Å². The van der Waals surface area contributed by atoms with Crippen LogP contribution in [0.25, 0.3) is 11.0 Å². The maximum Gasteiger partial charge on any atom is 0.226 e. The molecule has 0 unspecified atom stereocenters. The summed E-state index contributed by atoms with van der Waals surface area (Å²) in [5, 5.41) is 8.91. The number of carbonyl (C=O) groups is 2. The SMILES string of the molecule is CCc1cccc2c1n(CCCN(C)C(=O)Cc1ccccc1)c(=N)n2CC(=O)c1ccccc1. The van der Waals surface area contributed by atoms with E-state index in [0.717, 1.165) is 35.0 Å². The number of nitrogens with zero attached hydrogens (tertiary/aromatic N) is 3. The molecular weight excluding hydrogens is 436 g/mol. The summed E-state index contributed by atoms with van der Waals surface area (Å²) in [4.78, 5) is 27.3. The van der Waals surface area contributed by atoms with Gasteiger partial charge in [-0.3, -0.25) is 15.0 Å². The van der Waals surface area contributed by atoms with Gasteiger partial charge in [0.1, 0.15) is 0 Å². The molecule has 0 aliphatic heterocycles. The molecule has 1 amide bonds. The molecule has 6 heteroatoms. The summed E-state index contributed by atoms with van der Waals surface area (Å²) < 4.78 is 3.79. The Labute approximate surface area is 205 Å². The fourth-order valence-electron chi connectivity index (χ4n) is 4.49. The predicted octanol–water partition coefficient (Wildman–Crippen LogP) is 4.46. The van der Waals surface area contributed by atoms with Crippen LogP contribution in [0.4, 0.5) is 0 Å². The largest absolute Gasteiger partial charge is 0.345 e. The Balaban J connectivity index is 1.53. The second kappa shape index (κ2) is 11.0. The van der Waals surface area contributed by atoms with Crippen LogP contribution in [-0.4, -0.2) is 39.3 Å². The number of nitrogens with one attached hydrogen (secondary N) is 1. The molecule has 0 spiro atoms.